The first-order valence-corrected chi connectivity index (χ1v) is 5.51. The molecule has 86 valence electrons. The van der Waals surface area contributed by atoms with Gasteiger partial charge in [-0.15, -0.1) is 0 Å². The van der Waals surface area contributed by atoms with Crippen LogP contribution < -0.4 is 5.32 Å². The summed E-state index contributed by atoms with van der Waals surface area (Å²) in [7, 11) is 0. The zero-order chi connectivity index (χ0) is 11.4. The Balaban J connectivity index is 1.76. The van der Waals surface area contributed by atoms with E-state index in [-0.39, 0.29) is 0 Å². The summed E-state index contributed by atoms with van der Waals surface area (Å²) in [5.74, 6) is 0.973. The maximum atomic E-state index is 5.24. The van der Waals surface area contributed by atoms with Gasteiger partial charge in [-0.2, -0.15) is 5.10 Å². The highest BCUT2D eigenvalue weighted by Crippen LogP contribution is 2.09. The molecule has 0 atom stereocenters. The lowest BCUT2D eigenvalue weighted by Gasteiger charge is -2.03. The molecule has 0 saturated carbocycles. The molecule has 0 amide bonds. The highest BCUT2D eigenvalue weighted by atomic mass is 16.3. The lowest BCUT2D eigenvalue weighted by Crippen LogP contribution is -2.16. The third-order valence-electron chi connectivity index (χ3n) is 2.71. The van der Waals surface area contributed by atoms with Gasteiger partial charge < -0.3 is 9.73 Å². The predicted octanol–water partition coefficient (Wildman–Crippen LogP) is 1.95. The van der Waals surface area contributed by atoms with E-state index >= 15 is 0 Å². The van der Waals surface area contributed by atoms with Crippen LogP contribution in [0.1, 0.15) is 22.7 Å². The smallest absolute Gasteiger partial charge is 0.117 e. The summed E-state index contributed by atoms with van der Waals surface area (Å²) < 4.78 is 5.24. The SMILES string of the molecule is Cc1n[nH]c(C)c1CCNCc1ccco1. The third-order valence-corrected chi connectivity index (χ3v) is 2.71. The highest BCUT2D eigenvalue weighted by molar-refractivity contribution is 5.23. The van der Waals surface area contributed by atoms with E-state index in [9.17, 15) is 0 Å². The van der Waals surface area contributed by atoms with Crippen LogP contribution in [0.25, 0.3) is 0 Å². The van der Waals surface area contributed by atoms with Crippen LogP contribution in [0.15, 0.2) is 22.8 Å². The number of nitrogens with one attached hydrogen (secondary N) is 2. The van der Waals surface area contributed by atoms with E-state index in [1.165, 1.54) is 5.56 Å². The number of aryl methyl sites for hydroxylation is 2. The van der Waals surface area contributed by atoms with Gasteiger partial charge in [0.25, 0.3) is 0 Å². The van der Waals surface area contributed by atoms with Crippen molar-refractivity contribution in [3.8, 4) is 0 Å². The predicted molar refractivity (Wildman–Crippen MR) is 62.2 cm³/mol. The van der Waals surface area contributed by atoms with Crippen LogP contribution in [-0.2, 0) is 13.0 Å². The average Bonchev–Trinajstić information content (AvgIpc) is 2.87. The summed E-state index contributed by atoms with van der Waals surface area (Å²) in [6.45, 7) is 5.80. The van der Waals surface area contributed by atoms with Crippen molar-refractivity contribution in [2.24, 2.45) is 0 Å². The number of aromatic nitrogens is 2. The Labute approximate surface area is 95.1 Å². The quantitative estimate of drug-likeness (QED) is 0.756. The fourth-order valence-corrected chi connectivity index (χ4v) is 1.78. The summed E-state index contributed by atoms with van der Waals surface area (Å²) >= 11 is 0. The maximum Gasteiger partial charge on any atom is 0.117 e. The van der Waals surface area contributed by atoms with Crippen molar-refractivity contribution in [1.29, 1.82) is 0 Å². The standard InChI is InChI=1S/C12H17N3O/c1-9-12(10(2)15-14-9)5-6-13-8-11-4-3-7-16-11/h3-4,7,13H,5-6,8H2,1-2H3,(H,14,15). The molecule has 0 aliphatic heterocycles. The largest absolute Gasteiger partial charge is 0.468 e. The lowest BCUT2D eigenvalue weighted by molar-refractivity contribution is 0.484. The van der Waals surface area contributed by atoms with Gasteiger partial charge in [0.1, 0.15) is 5.76 Å². The minimum Gasteiger partial charge on any atom is -0.468 e. The zero-order valence-electron chi connectivity index (χ0n) is 9.71. The summed E-state index contributed by atoms with van der Waals surface area (Å²) in [5, 5.41) is 10.5. The number of hydrogen-bond donors (Lipinski definition) is 2. The molecule has 0 unspecified atom stereocenters. The molecule has 0 spiro atoms. The van der Waals surface area contributed by atoms with Crippen molar-refractivity contribution in [2.75, 3.05) is 6.54 Å². The zero-order valence-corrected chi connectivity index (χ0v) is 9.71. The monoisotopic (exact) mass is 219 g/mol. The van der Waals surface area contributed by atoms with Crippen molar-refractivity contribution in [2.45, 2.75) is 26.8 Å². The summed E-state index contributed by atoms with van der Waals surface area (Å²) in [4.78, 5) is 0. The second kappa shape index (κ2) is 4.99. The number of H-pyrrole nitrogens is 1. The van der Waals surface area contributed by atoms with E-state index in [4.69, 9.17) is 4.42 Å². The van der Waals surface area contributed by atoms with Gasteiger partial charge in [0.15, 0.2) is 0 Å². The molecule has 0 saturated heterocycles. The molecule has 0 aliphatic carbocycles. The minimum absolute atomic E-state index is 0.781. The Morgan fingerprint density at radius 2 is 2.31 bits per heavy atom. The molecule has 4 heteroatoms. The molecular formula is C12H17N3O. The van der Waals surface area contributed by atoms with Gasteiger partial charge in [0, 0.05) is 5.69 Å². The van der Waals surface area contributed by atoms with Crippen LogP contribution in [-0.4, -0.2) is 16.7 Å². The summed E-state index contributed by atoms with van der Waals surface area (Å²) in [5.41, 5.74) is 3.57. The van der Waals surface area contributed by atoms with Crippen molar-refractivity contribution >= 4 is 0 Å². The first-order valence-electron chi connectivity index (χ1n) is 5.51. The van der Waals surface area contributed by atoms with Crippen molar-refractivity contribution in [3.05, 3.63) is 41.1 Å². The number of rotatable bonds is 5. The van der Waals surface area contributed by atoms with Gasteiger partial charge in [-0.25, -0.2) is 0 Å². The Bertz CT molecular complexity index is 412. The Morgan fingerprint density at radius 1 is 1.44 bits per heavy atom. The average molecular weight is 219 g/mol. The van der Waals surface area contributed by atoms with Gasteiger partial charge in [0.05, 0.1) is 18.5 Å². The van der Waals surface area contributed by atoms with Gasteiger partial charge in [-0.1, -0.05) is 0 Å². The molecule has 4 nitrogen and oxygen atoms in total. The number of hydrogen-bond acceptors (Lipinski definition) is 3. The molecule has 2 aromatic rings. The maximum absolute atomic E-state index is 5.24. The summed E-state index contributed by atoms with van der Waals surface area (Å²) in [6.07, 6.45) is 2.69. The van der Waals surface area contributed by atoms with Gasteiger partial charge in [0.2, 0.25) is 0 Å². The normalized spacial score (nSPS) is 10.9. The lowest BCUT2D eigenvalue weighted by atomic mass is 10.1. The van der Waals surface area contributed by atoms with E-state index in [0.717, 1.165) is 36.7 Å². The minimum atomic E-state index is 0.781. The molecule has 0 aromatic carbocycles. The van der Waals surface area contributed by atoms with Crippen LogP contribution in [0.3, 0.4) is 0 Å². The number of aromatic amines is 1. The van der Waals surface area contributed by atoms with Crippen LogP contribution >= 0.6 is 0 Å². The van der Waals surface area contributed by atoms with Gasteiger partial charge >= 0.3 is 0 Å². The van der Waals surface area contributed by atoms with Crippen molar-refractivity contribution < 1.29 is 4.42 Å². The van der Waals surface area contributed by atoms with Crippen LogP contribution in [0.5, 0.6) is 0 Å². The molecule has 2 rings (SSSR count). The second-order valence-electron chi connectivity index (χ2n) is 3.92. The molecule has 0 radical (unpaired) electrons. The van der Waals surface area contributed by atoms with E-state index in [2.05, 4.69) is 22.4 Å². The molecule has 0 aliphatic rings. The van der Waals surface area contributed by atoms with Crippen molar-refractivity contribution in [1.82, 2.24) is 15.5 Å². The molecule has 0 fully saturated rings. The molecule has 0 bridgehead atoms. The Kier molecular flexibility index (Phi) is 3.41. The first-order chi connectivity index (χ1) is 7.77. The van der Waals surface area contributed by atoms with E-state index in [0.29, 0.717) is 0 Å². The topological polar surface area (TPSA) is 53.9 Å². The van der Waals surface area contributed by atoms with E-state index in [1.54, 1.807) is 6.26 Å². The first kappa shape index (κ1) is 11.0. The fourth-order valence-electron chi connectivity index (χ4n) is 1.78. The molecule has 2 N–H and O–H groups in total. The Hall–Kier alpha value is -1.55. The van der Waals surface area contributed by atoms with Crippen LogP contribution in [0.2, 0.25) is 0 Å². The third kappa shape index (κ3) is 2.52. The van der Waals surface area contributed by atoms with Crippen LogP contribution in [0, 0.1) is 13.8 Å². The van der Waals surface area contributed by atoms with Crippen molar-refractivity contribution in [3.63, 3.8) is 0 Å². The molecule has 2 aromatic heterocycles. The second-order valence-corrected chi connectivity index (χ2v) is 3.92. The number of furan rings is 1. The van der Waals surface area contributed by atoms with Gasteiger partial charge in [-0.05, 0) is 44.5 Å². The van der Waals surface area contributed by atoms with E-state index in [1.807, 2.05) is 19.1 Å². The number of nitrogens with zero attached hydrogens (tertiary/aromatic N) is 1. The fraction of sp³-hybridized carbons (Fsp3) is 0.417. The molecule has 16 heavy (non-hydrogen) atoms. The molecule has 2 heterocycles. The van der Waals surface area contributed by atoms with Crippen LogP contribution in [0.4, 0.5) is 0 Å². The highest BCUT2D eigenvalue weighted by Gasteiger charge is 2.05. The molecular weight excluding hydrogens is 202 g/mol. The van der Waals surface area contributed by atoms with Gasteiger partial charge in [-0.3, -0.25) is 5.10 Å². The Morgan fingerprint density at radius 3 is 2.94 bits per heavy atom. The summed E-state index contributed by atoms with van der Waals surface area (Å²) in [6, 6.07) is 3.88. The van der Waals surface area contributed by atoms with E-state index < -0.39 is 0 Å².